The summed E-state index contributed by atoms with van der Waals surface area (Å²) in [5.74, 6) is 0.0411. The topological polar surface area (TPSA) is 99.0 Å². The monoisotopic (exact) mass is 281 g/mol. The number of hydrogen-bond acceptors (Lipinski definition) is 5. The highest BCUT2D eigenvalue weighted by Gasteiger charge is 2.06. The molecule has 1 aromatic rings. The third-order valence-electron chi connectivity index (χ3n) is 2.61. The molecule has 0 aromatic heterocycles. The number of ether oxygens (including phenoxy) is 1. The van der Waals surface area contributed by atoms with Crippen molar-refractivity contribution in [3.8, 4) is 5.75 Å². The smallest absolute Gasteiger partial charge is 0.267 e. The molecule has 110 valence electrons. The molecule has 0 spiro atoms. The zero-order valence-corrected chi connectivity index (χ0v) is 11.0. The zero-order valence-electron chi connectivity index (χ0n) is 11.0. The molecule has 20 heavy (non-hydrogen) atoms. The van der Waals surface area contributed by atoms with Crippen molar-refractivity contribution in [2.24, 2.45) is 0 Å². The Morgan fingerprint density at radius 3 is 2.65 bits per heavy atom. The summed E-state index contributed by atoms with van der Waals surface area (Å²) in [5.41, 5.74) is 2.24. The number of amides is 1. The second-order valence-corrected chi connectivity index (χ2v) is 4.11. The van der Waals surface area contributed by atoms with Gasteiger partial charge in [0, 0.05) is 6.08 Å². The lowest BCUT2D eigenvalue weighted by Gasteiger charge is -2.11. The van der Waals surface area contributed by atoms with Crippen LogP contribution in [0.15, 0.2) is 36.4 Å². The molecule has 6 nitrogen and oxygen atoms in total. The van der Waals surface area contributed by atoms with E-state index in [1.54, 1.807) is 30.3 Å². The fraction of sp³-hybridized carbons (Fsp3) is 0.357. The van der Waals surface area contributed by atoms with Gasteiger partial charge in [-0.2, -0.15) is 0 Å². The molecular weight excluding hydrogens is 262 g/mol. The third kappa shape index (κ3) is 5.83. The molecule has 0 saturated carbocycles. The highest BCUT2D eigenvalue weighted by molar-refractivity contribution is 5.86. The predicted octanol–water partition coefficient (Wildman–Crippen LogP) is 0.933. The van der Waals surface area contributed by atoms with Crippen molar-refractivity contribution < 1.29 is 25.0 Å². The Morgan fingerprint density at radius 1 is 1.35 bits per heavy atom. The highest BCUT2D eigenvalue weighted by Crippen LogP contribution is 2.21. The van der Waals surface area contributed by atoms with E-state index >= 15 is 0 Å². The SMILES string of the molecule is O=C(/C=C/CC[C@H](O)c1ccc(OCCO)cc1)NO. The number of hydroxylamine groups is 1. The van der Waals surface area contributed by atoms with E-state index in [1.165, 1.54) is 11.6 Å². The maximum Gasteiger partial charge on any atom is 0.267 e. The van der Waals surface area contributed by atoms with Gasteiger partial charge in [-0.15, -0.1) is 0 Å². The summed E-state index contributed by atoms with van der Waals surface area (Å²) in [6.07, 6.45) is 3.12. The molecule has 0 unspecified atom stereocenters. The van der Waals surface area contributed by atoms with E-state index in [9.17, 15) is 9.90 Å². The normalized spacial score (nSPS) is 12.3. The van der Waals surface area contributed by atoms with Gasteiger partial charge < -0.3 is 14.9 Å². The Balaban J connectivity index is 2.41. The van der Waals surface area contributed by atoms with Crippen LogP contribution in [0.5, 0.6) is 5.75 Å². The molecule has 1 rings (SSSR count). The Labute approximate surface area is 117 Å². The van der Waals surface area contributed by atoms with Crippen LogP contribution in [-0.2, 0) is 4.79 Å². The Hall–Kier alpha value is -1.89. The van der Waals surface area contributed by atoms with Gasteiger partial charge in [-0.05, 0) is 30.5 Å². The van der Waals surface area contributed by atoms with Gasteiger partial charge in [0.1, 0.15) is 12.4 Å². The highest BCUT2D eigenvalue weighted by atomic mass is 16.5. The van der Waals surface area contributed by atoms with Crippen LogP contribution >= 0.6 is 0 Å². The van der Waals surface area contributed by atoms with Crippen molar-refractivity contribution in [2.45, 2.75) is 18.9 Å². The first-order chi connectivity index (χ1) is 9.67. The molecular formula is C14H19NO5. The number of carbonyl (C=O) groups is 1. The number of allylic oxidation sites excluding steroid dienone is 1. The van der Waals surface area contributed by atoms with Gasteiger partial charge in [0.15, 0.2) is 0 Å². The molecule has 0 radical (unpaired) electrons. The third-order valence-corrected chi connectivity index (χ3v) is 2.61. The lowest BCUT2D eigenvalue weighted by Crippen LogP contribution is -2.14. The summed E-state index contributed by atoms with van der Waals surface area (Å²) in [5, 5.41) is 26.9. The van der Waals surface area contributed by atoms with Crippen molar-refractivity contribution in [3.05, 3.63) is 42.0 Å². The summed E-state index contributed by atoms with van der Waals surface area (Å²) < 4.78 is 5.22. The van der Waals surface area contributed by atoms with Crippen molar-refractivity contribution >= 4 is 5.91 Å². The van der Waals surface area contributed by atoms with Crippen molar-refractivity contribution in [1.82, 2.24) is 5.48 Å². The fourth-order valence-corrected chi connectivity index (χ4v) is 1.60. The van der Waals surface area contributed by atoms with Crippen LogP contribution in [0, 0.1) is 0 Å². The minimum atomic E-state index is -0.635. The Bertz CT molecular complexity index is 430. The molecule has 0 aliphatic heterocycles. The Morgan fingerprint density at radius 2 is 2.05 bits per heavy atom. The summed E-state index contributed by atoms with van der Waals surface area (Å²) in [6, 6.07) is 6.95. The molecule has 0 aliphatic carbocycles. The van der Waals surface area contributed by atoms with E-state index in [2.05, 4.69) is 0 Å². The number of carbonyl (C=O) groups excluding carboxylic acids is 1. The Kier molecular flexibility index (Phi) is 7.34. The quantitative estimate of drug-likeness (QED) is 0.323. The lowest BCUT2D eigenvalue weighted by atomic mass is 10.0. The van der Waals surface area contributed by atoms with E-state index in [0.717, 1.165) is 5.56 Å². The molecule has 4 N–H and O–H groups in total. The average molecular weight is 281 g/mol. The van der Waals surface area contributed by atoms with Gasteiger partial charge in [-0.3, -0.25) is 10.0 Å². The van der Waals surface area contributed by atoms with E-state index in [4.69, 9.17) is 15.1 Å². The number of rotatable bonds is 8. The summed E-state index contributed by atoms with van der Waals surface area (Å²) >= 11 is 0. The molecule has 1 aromatic carbocycles. The standard InChI is InChI=1S/C14H19NO5/c16-9-10-20-12-7-5-11(6-8-12)13(17)3-1-2-4-14(18)15-19/h2,4-8,13,16-17,19H,1,3,9-10H2,(H,15,18)/b4-2+/t13-/m0/s1. The maximum atomic E-state index is 10.7. The van der Waals surface area contributed by atoms with Crippen LogP contribution < -0.4 is 10.2 Å². The van der Waals surface area contributed by atoms with Gasteiger partial charge >= 0.3 is 0 Å². The van der Waals surface area contributed by atoms with Crippen LogP contribution in [0.1, 0.15) is 24.5 Å². The van der Waals surface area contributed by atoms with Gasteiger partial charge in [-0.25, -0.2) is 5.48 Å². The first-order valence-electron chi connectivity index (χ1n) is 6.29. The number of hydrogen-bond donors (Lipinski definition) is 4. The molecule has 0 heterocycles. The molecule has 1 amide bonds. The minimum absolute atomic E-state index is 0.0435. The number of aliphatic hydroxyl groups excluding tert-OH is 2. The number of aliphatic hydroxyl groups is 2. The maximum absolute atomic E-state index is 10.7. The number of nitrogens with one attached hydrogen (secondary N) is 1. The summed E-state index contributed by atoms with van der Waals surface area (Å²) in [4.78, 5) is 10.7. The fourth-order valence-electron chi connectivity index (χ4n) is 1.60. The number of benzene rings is 1. The van der Waals surface area contributed by atoms with E-state index in [0.29, 0.717) is 18.6 Å². The van der Waals surface area contributed by atoms with Crippen molar-refractivity contribution in [1.29, 1.82) is 0 Å². The largest absolute Gasteiger partial charge is 0.491 e. The van der Waals surface area contributed by atoms with E-state index < -0.39 is 12.0 Å². The summed E-state index contributed by atoms with van der Waals surface area (Å²) in [6.45, 7) is 0.192. The van der Waals surface area contributed by atoms with Crippen molar-refractivity contribution in [2.75, 3.05) is 13.2 Å². The minimum Gasteiger partial charge on any atom is -0.491 e. The van der Waals surface area contributed by atoms with Crippen molar-refractivity contribution in [3.63, 3.8) is 0 Å². The lowest BCUT2D eigenvalue weighted by molar-refractivity contribution is -0.124. The first kappa shape index (κ1) is 16.2. The second kappa shape index (κ2) is 9.08. The molecule has 0 fully saturated rings. The molecule has 0 aliphatic rings. The van der Waals surface area contributed by atoms with Crippen LogP contribution in [0.3, 0.4) is 0 Å². The van der Waals surface area contributed by atoms with Gasteiger partial charge in [-0.1, -0.05) is 18.2 Å². The molecule has 0 bridgehead atoms. The first-order valence-corrected chi connectivity index (χ1v) is 6.29. The van der Waals surface area contributed by atoms with Crippen LogP contribution in [0.2, 0.25) is 0 Å². The van der Waals surface area contributed by atoms with Gasteiger partial charge in [0.05, 0.1) is 12.7 Å². The van der Waals surface area contributed by atoms with Crippen LogP contribution in [-0.4, -0.2) is 34.5 Å². The summed E-state index contributed by atoms with van der Waals surface area (Å²) in [7, 11) is 0. The van der Waals surface area contributed by atoms with Crippen LogP contribution in [0.4, 0.5) is 0 Å². The van der Waals surface area contributed by atoms with Crippen LogP contribution in [0.25, 0.3) is 0 Å². The van der Waals surface area contributed by atoms with Gasteiger partial charge in [0.25, 0.3) is 5.91 Å². The molecule has 1 atom stereocenters. The average Bonchev–Trinajstić information content (AvgIpc) is 2.49. The molecule has 6 heteroatoms. The second-order valence-electron chi connectivity index (χ2n) is 4.11. The predicted molar refractivity (Wildman–Crippen MR) is 72.3 cm³/mol. The van der Waals surface area contributed by atoms with E-state index in [1.807, 2.05) is 0 Å². The zero-order chi connectivity index (χ0) is 14.8. The molecule has 0 saturated heterocycles. The van der Waals surface area contributed by atoms with Gasteiger partial charge in [0.2, 0.25) is 0 Å². The van der Waals surface area contributed by atoms with E-state index in [-0.39, 0.29) is 13.2 Å².